The molecule has 1 heterocycles. The topological polar surface area (TPSA) is 66.0 Å². The number of nitrogens with one attached hydrogen (secondary N) is 1. The Morgan fingerprint density at radius 1 is 1.08 bits per heavy atom. The second kappa shape index (κ2) is 7.90. The van der Waals surface area contributed by atoms with Crippen molar-refractivity contribution in [1.82, 2.24) is 5.32 Å². The Balaban J connectivity index is 1.56. The number of ketones is 1. The average Bonchev–Trinajstić information content (AvgIpc) is 2.66. The van der Waals surface area contributed by atoms with Gasteiger partial charge in [-0.25, -0.2) is 0 Å². The summed E-state index contributed by atoms with van der Waals surface area (Å²) in [6, 6.07) is 12.3. The number of Topliss-reactive ketones (excluding diaryl/α,β-unsaturated/α-hetero) is 1. The third-order valence-corrected chi connectivity index (χ3v) is 4.00. The molecule has 1 unspecified atom stereocenters. The van der Waals surface area contributed by atoms with Crippen LogP contribution >= 0.6 is 0 Å². The number of fused-ring (bicyclic) bond motifs is 1. The molecule has 1 aliphatic heterocycles. The first kappa shape index (κ1) is 17.1. The molecule has 132 valence electrons. The zero-order valence-electron chi connectivity index (χ0n) is 14.3. The van der Waals surface area contributed by atoms with E-state index >= 15 is 0 Å². The van der Waals surface area contributed by atoms with Crippen LogP contribution in [0.15, 0.2) is 42.5 Å². The van der Waals surface area contributed by atoms with E-state index in [9.17, 15) is 4.79 Å². The smallest absolute Gasteiger partial charge is 0.203 e. The first-order valence-corrected chi connectivity index (χ1v) is 8.07. The summed E-state index contributed by atoms with van der Waals surface area (Å²) >= 11 is 0. The molecule has 3 rings (SSSR count). The highest BCUT2D eigenvalue weighted by Gasteiger charge is 2.27. The summed E-state index contributed by atoms with van der Waals surface area (Å²) < 4.78 is 22.0. The van der Waals surface area contributed by atoms with Gasteiger partial charge in [-0.1, -0.05) is 18.2 Å². The minimum atomic E-state index is -0.377. The summed E-state index contributed by atoms with van der Waals surface area (Å²) in [4.78, 5) is 12.5. The molecule has 25 heavy (non-hydrogen) atoms. The molecule has 1 atom stereocenters. The lowest BCUT2D eigenvalue weighted by atomic mass is 10.0. The third kappa shape index (κ3) is 3.69. The molecule has 2 aromatic rings. The van der Waals surface area contributed by atoms with Gasteiger partial charge in [-0.3, -0.25) is 4.79 Å². The molecule has 0 aromatic heterocycles. The van der Waals surface area contributed by atoms with Crippen LogP contribution in [-0.4, -0.2) is 45.8 Å². The van der Waals surface area contributed by atoms with Crippen LogP contribution < -0.4 is 24.3 Å². The maximum Gasteiger partial charge on any atom is 0.203 e. The van der Waals surface area contributed by atoms with Gasteiger partial charge < -0.3 is 24.3 Å². The SMILES string of the molecule is COc1cccc(OC)c1OCCNC1COc2ccccc2C1=O. The Bertz CT molecular complexity index is 724. The maximum atomic E-state index is 12.5. The van der Waals surface area contributed by atoms with Crippen molar-refractivity contribution in [3.8, 4) is 23.0 Å². The van der Waals surface area contributed by atoms with Crippen molar-refractivity contribution in [2.45, 2.75) is 6.04 Å². The molecule has 2 aromatic carbocycles. The number of benzene rings is 2. The van der Waals surface area contributed by atoms with E-state index in [1.54, 1.807) is 38.5 Å². The number of methoxy groups -OCH3 is 2. The largest absolute Gasteiger partial charge is 0.493 e. The summed E-state index contributed by atoms with van der Waals surface area (Å²) in [5, 5.41) is 3.18. The second-order valence-corrected chi connectivity index (χ2v) is 5.52. The molecule has 0 amide bonds. The predicted octanol–water partition coefficient (Wildman–Crippen LogP) is 2.32. The minimum absolute atomic E-state index is 0.0386. The van der Waals surface area contributed by atoms with Crippen LogP contribution in [0.25, 0.3) is 0 Å². The average molecular weight is 343 g/mol. The van der Waals surface area contributed by atoms with Crippen LogP contribution in [0.5, 0.6) is 23.0 Å². The van der Waals surface area contributed by atoms with E-state index in [1.807, 2.05) is 18.2 Å². The number of hydrogen-bond donors (Lipinski definition) is 1. The number of carbonyl (C=O) groups excluding carboxylic acids is 1. The van der Waals surface area contributed by atoms with Crippen LogP contribution in [-0.2, 0) is 0 Å². The number of hydrogen-bond acceptors (Lipinski definition) is 6. The zero-order chi connectivity index (χ0) is 17.6. The van der Waals surface area contributed by atoms with Crippen molar-refractivity contribution >= 4 is 5.78 Å². The molecule has 0 fully saturated rings. The normalized spacial score (nSPS) is 15.9. The zero-order valence-corrected chi connectivity index (χ0v) is 14.3. The van der Waals surface area contributed by atoms with Gasteiger partial charge in [0.1, 0.15) is 25.0 Å². The molecule has 1 aliphatic rings. The molecule has 0 radical (unpaired) electrons. The summed E-state index contributed by atoms with van der Waals surface area (Å²) in [5.41, 5.74) is 0.610. The molecule has 1 N–H and O–H groups in total. The molecule has 6 nitrogen and oxygen atoms in total. The van der Waals surface area contributed by atoms with Crippen molar-refractivity contribution in [3.63, 3.8) is 0 Å². The molecule has 6 heteroatoms. The first-order chi connectivity index (χ1) is 12.2. The number of carbonyl (C=O) groups is 1. The Hall–Kier alpha value is -2.73. The lowest BCUT2D eigenvalue weighted by Crippen LogP contribution is -2.45. The van der Waals surface area contributed by atoms with Gasteiger partial charge in [0.05, 0.1) is 19.8 Å². The van der Waals surface area contributed by atoms with Gasteiger partial charge in [0.25, 0.3) is 0 Å². The number of para-hydroxylation sites is 2. The van der Waals surface area contributed by atoms with Gasteiger partial charge in [-0.05, 0) is 24.3 Å². The Labute approximate surface area is 146 Å². The minimum Gasteiger partial charge on any atom is -0.493 e. The van der Waals surface area contributed by atoms with Crippen LogP contribution in [0.4, 0.5) is 0 Å². The third-order valence-electron chi connectivity index (χ3n) is 4.00. The molecule has 0 bridgehead atoms. The van der Waals surface area contributed by atoms with Gasteiger partial charge in [0.15, 0.2) is 17.3 Å². The van der Waals surface area contributed by atoms with Crippen molar-refractivity contribution in [3.05, 3.63) is 48.0 Å². The summed E-state index contributed by atoms with van der Waals surface area (Å²) in [5.74, 6) is 2.43. The van der Waals surface area contributed by atoms with E-state index in [0.29, 0.717) is 48.3 Å². The molecule has 0 aliphatic carbocycles. The first-order valence-electron chi connectivity index (χ1n) is 8.07. The van der Waals surface area contributed by atoms with E-state index in [4.69, 9.17) is 18.9 Å². The standard InChI is InChI=1S/C19H21NO5/c1-22-16-8-5-9-17(23-2)19(16)24-11-10-20-14-12-25-15-7-4-3-6-13(15)18(14)21/h3-9,14,20H,10-12H2,1-2H3. The van der Waals surface area contributed by atoms with E-state index in [-0.39, 0.29) is 11.8 Å². The van der Waals surface area contributed by atoms with Crippen molar-refractivity contribution < 1.29 is 23.7 Å². The highest BCUT2D eigenvalue weighted by atomic mass is 16.5. The van der Waals surface area contributed by atoms with Gasteiger partial charge in [-0.15, -0.1) is 0 Å². The van der Waals surface area contributed by atoms with Crippen LogP contribution in [0.3, 0.4) is 0 Å². The predicted molar refractivity (Wildman–Crippen MR) is 93.1 cm³/mol. The van der Waals surface area contributed by atoms with Crippen molar-refractivity contribution in [1.29, 1.82) is 0 Å². The number of rotatable bonds is 7. The highest BCUT2D eigenvalue weighted by Crippen LogP contribution is 2.36. The fraction of sp³-hybridized carbons (Fsp3) is 0.316. The summed E-state index contributed by atoms with van der Waals surface area (Å²) in [6.07, 6.45) is 0. The van der Waals surface area contributed by atoms with Gasteiger partial charge in [0, 0.05) is 6.54 Å². The van der Waals surface area contributed by atoms with Crippen molar-refractivity contribution in [2.24, 2.45) is 0 Å². The van der Waals surface area contributed by atoms with Crippen molar-refractivity contribution in [2.75, 3.05) is 34.0 Å². The lowest BCUT2D eigenvalue weighted by molar-refractivity contribution is 0.0866. The second-order valence-electron chi connectivity index (χ2n) is 5.52. The maximum absolute atomic E-state index is 12.5. The molecular formula is C19H21NO5. The van der Waals surface area contributed by atoms with Crippen LogP contribution in [0.1, 0.15) is 10.4 Å². The summed E-state index contributed by atoms with van der Waals surface area (Å²) in [7, 11) is 3.16. The Morgan fingerprint density at radius 2 is 1.80 bits per heavy atom. The number of ether oxygens (including phenoxy) is 4. The van der Waals surface area contributed by atoms with E-state index < -0.39 is 0 Å². The highest BCUT2D eigenvalue weighted by molar-refractivity contribution is 6.03. The van der Waals surface area contributed by atoms with Crippen LogP contribution in [0.2, 0.25) is 0 Å². The van der Waals surface area contributed by atoms with Crippen LogP contribution in [0, 0.1) is 0 Å². The molecule has 0 saturated heterocycles. The lowest BCUT2D eigenvalue weighted by Gasteiger charge is -2.25. The van der Waals surface area contributed by atoms with E-state index in [0.717, 1.165) is 0 Å². The molecule has 0 saturated carbocycles. The Morgan fingerprint density at radius 3 is 2.52 bits per heavy atom. The van der Waals surface area contributed by atoms with Gasteiger partial charge >= 0.3 is 0 Å². The van der Waals surface area contributed by atoms with Gasteiger partial charge in [0.2, 0.25) is 5.75 Å². The van der Waals surface area contributed by atoms with E-state index in [1.165, 1.54) is 0 Å². The fourth-order valence-corrected chi connectivity index (χ4v) is 2.73. The Kier molecular flexibility index (Phi) is 5.40. The van der Waals surface area contributed by atoms with Gasteiger partial charge in [-0.2, -0.15) is 0 Å². The summed E-state index contributed by atoms with van der Waals surface area (Å²) in [6.45, 7) is 1.17. The molecule has 0 spiro atoms. The fourth-order valence-electron chi connectivity index (χ4n) is 2.73. The van der Waals surface area contributed by atoms with E-state index in [2.05, 4.69) is 5.32 Å². The monoisotopic (exact) mass is 343 g/mol. The molecular weight excluding hydrogens is 322 g/mol. The quantitative estimate of drug-likeness (QED) is 0.779.